The molecule has 1 amide bonds. The number of hydrogen-bond acceptors (Lipinski definition) is 2. The molecule has 0 aliphatic carbocycles. The summed E-state index contributed by atoms with van der Waals surface area (Å²) >= 11 is 11.4. The number of amides is 1. The van der Waals surface area contributed by atoms with Gasteiger partial charge in [0.1, 0.15) is 22.5 Å². The van der Waals surface area contributed by atoms with E-state index in [-0.39, 0.29) is 21.6 Å². The third kappa shape index (κ3) is 3.19. The van der Waals surface area contributed by atoms with Crippen molar-refractivity contribution < 1.29 is 13.6 Å². The Balaban J connectivity index is 2.30. The maximum atomic E-state index is 13.4. The van der Waals surface area contributed by atoms with Crippen molar-refractivity contribution in [2.75, 3.05) is 5.32 Å². The van der Waals surface area contributed by atoms with Gasteiger partial charge in [0.2, 0.25) is 0 Å². The average Bonchev–Trinajstić information content (AvgIpc) is 2.36. The number of aromatic nitrogens is 1. The minimum absolute atomic E-state index is 0.0544. The second-order valence-corrected chi connectivity index (χ2v) is 4.34. The number of rotatable bonds is 2. The van der Waals surface area contributed by atoms with Crippen LogP contribution in [0.15, 0.2) is 30.3 Å². The van der Waals surface area contributed by atoms with Gasteiger partial charge >= 0.3 is 0 Å². The first-order chi connectivity index (χ1) is 8.97. The largest absolute Gasteiger partial charge is 0.318 e. The maximum absolute atomic E-state index is 13.4. The topological polar surface area (TPSA) is 42.0 Å². The second-order valence-electron chi connectivity index (χ2n) is 3.54. The number of pyridine rings is 1. The van der Waals surface area contributed by atoms with Gasteiger partial charge in [-0.15, -0.1) is 0 Å². The van der Waals surface area contributed by atoms with Crippen LogP contribution in [0.2, 0.25) is 10.2 Å². The number of halogens is 4. The van der Waals surface area contributed by atoms with Crippen molar-refractivity contribution in [3.05, 3.63) is 57.8 Å². The second kappa shape index (κ2) is 5.50. The minimum Gasteiger partial charge on any atom is -0.318 e. The molecule has 1 aromatic heterocycles. The van der Waals surface area contributed by atoms with Gasteiger partial charge in [-0.05, 0) is 24.3 Å². The summed E-state index contributed by atoms with van der Waals surface area (Å²) in [6.07, 6.45) is 0. The van der Waals surface area contributed by atoms with E-state index in [0.717, 1.165) is 18.2 Å². The van der Waals surface area contributed by atoms with Gasteiger partial charge in [0, 0.05) is 6.07 Å². The quantitative estimate of drug-likeness (QED) is 0.854. The van der Waals surface area contributed by atoms with E-state index in [9.17, 15) is 13.6 Å². The molecular weight excluding hydrogens is 297 g/mol. The van der Waals surface area contributed by atoms with Gasteiger partial charge in [0.15, 0.2) is 0 Å². The van der Waals surface area contributed by atoms with Crippen LogP contribution in [0.4, 0.5) is 14.5 Å². The lowest BCUT2D eigenvalue weighted by Crippen LogP contribution is -2.15. The van der Waals surface area contributed by atoms with E-state index in [0.29, 0.717) is 0 Å². The molecule has 1 N–H and O–H groups in total. The molecule has 3 nitrogen and oxygen atoms in total. The van der Waals surface area contributed by atoms with Crippen molar-refractivity contribution >= 4 is 34.8 Å². The van der Waals surface area contributed by atoms with Gasteiger partial charge in [-0.2, -0.15) is 0 Å². The monoisotopic (exact) mass is 302 g/mol. The van der Waals surface area contributed by atoms with Crippen LogP contribution in [0.25, 0.3) is 0 Å². The summed E-state index contributed by atoms with van der Waals surface area (Å²) in [5.74, 6) is -2.23. The van der Waals surface area contributed by atoms with E-state index in [4.69, 9.17) is 23.2 Å². The fourth-order valence-corrected chi connectivity index (χ4v) is 1.69. The van der Waals surface area contributed by atoms with Crippen molar-refractivity contribution in [1.29, 1.82) is 0 Å². The van der Waals surface area contributed by atoms with E-state index in [1.165, 1.54) is 12.1 Å². The van der Waals surface area contributed by atoms with Crippen LogP contribution in [-0.4, -0.2) is 10.9 Å². The Morgan fingerprint density at radius 2 is 1.89 bits per heavy atom. The molecule has 1 aromatic carbocycles. The smallest absolute Gasteiger partial charge is 0.275 e. The normalized spacial score (nSPS) is 10.3. The summed E-state index contributed by atoms with van der Waals surface area (Å²) in [5, 5.41) is 2.29. The summed E-state index contributed by atoms with van der Waals surface area (Å²) in [6.45, 7) is 0. The molecule has 0 saturated heterocycles. The highest BCUT2D eigenvalue weighted by Gasteiger charge is 2.15. The molecule has 0 saturated carbocycles. The van der Waals surface area contributed by atoms with Gasteiger partial charge in [0.25, 0.3) is 5.91 Å². The van der Waals surface area contributed by atoms with Crippen molar-refractivity contribution in [3.8, 4) is 0 Å². The lowest BCUT2D eigenvalue weighted by Gasteiger charge is -2.07. The minimum atomic E-state index is -0.781. The average molecular weight is 303 g/mol. The fraction of sp³-hybridized carbons (Fsp3) is 0. The molecule has 0 aliphatic rings. The molecule has 0 spiro atoms. The standard InChI is InChI=1S/C12H6Cl2F2N2O/c13-7-2-4-10(14)18-11(7)12(19)17-9-5-6(15)1-3-8(9)16/h1-5H,(H,17,19). The van der Waals surface area contributed by atoms with Crippen molar-refractivity contribution in [2.24, 2.45) is 0 Å². The number of carbonyl (C=O) groups is 1. The first-order valence-electron chi connectivity index (χ1n) is 5.06. The first kappa shape index (κ1) is 13.7. The molecule has 0 unspecified atom stereocenters. The Hall–Kier alpha value is -1.72. The number of hydrogen-bond donors (Lipinski definition) is 1. The predicted molar refractivity (Wildman–Crippen MR) is 68.6 cm³/mol. The molecule has 2 rings (SSSR count). The Morgan fingerprint density at radius 3 is 2.63 bits per heavy atom. The molecule has 19 heavy (non-hydrogen) atoms. The van der Waals surface area contributed by atoms with Crippen molar-refractivity contribution in [2.45, 2.75) is 0 Å². The Kier molecular flexibility index (Phi) is 3.97. The summed E-state index contributed by atoms with van der Waals surface area (Å²) in [4.78, 5) is 15.6. The van der Waals surface area contributed by atoms with Crippen molar-refractivity contribution in [1.82, 2.24) is 4.98 Å². The molecule has 0 aliphatic heterocycles. The van der Waals surface area contributed by atoms with E-state index in [1.807, 2.05) is 0 Å². The molecule has 0 radical (unpaired) electrons. The maximum Gasteiger partial charge on any atom is 0.275 e. The number of benzene rings is 1. The Labute approximate surface area is 117 Å². The zero-order valence-corrected chi connectivity index (χ0v) is 10.8. The number of nitrogens with one attached hydrogen (secondary N) is 1. The highest BCUT2D eigenvalue weighted by molar-refractivity contribution is 6.35. The van der Waals surface area contributed by atoms with E-state index < -0.39 is 17.5 Å². The third-order valence-corrected chi connectivity index (χ3v) is 2.72. The predicted octanol–water partition coefficient (Wildman–Crippen LogP) is 3.92. The van der Waals surface area contributed by atoms with Crippen LogP contribution in [0, 0.1) is 11.6 Å². The molecule has 7 heteroatoms. The summed E-state index contributed by atoms with van der Waals surface area (Å²) in [7, 11) is 0. The van der Waals surface area contributed by atoms with Crippen LogP contribution in [0.5, 0.6) is 0 Å². The SMILES string of the molecule is O=C(Nc1cc(F)ccc1F)c1nc(Cl)ccc1Cl. The van der Waals surface area contributed by atoms with E-state index in [1.54, 1.807) is 0 Å². The summed E-state index contributed by atoms with van der Waals surface area (Å²) in [6, 6.07) is 5.48. The highest BCUT2D eigenvalue weighted by atomic mass is 35.5. The number of anilines is 1. The Bertz CT molecular complexity index is 650. The van der Waals surface area contributed by atoms with Crippen molar-refractivity contribution in [3.63, 3.8) is 0 Å². The molecule has 98 valence electrons. The molecule has 0 bridgehead atoms. The van der Waals surface area contributed by atoms with Gasteiger partial charge in [-0.1, -0.05) is 23.2 Å². The van der Waals surface area contributed by atoms with Crippen LogP contribution in [0.1, 0.15) is 10.5 Å². The van der Waals surface area contributed by atoms with E-state index >= 15 is 0 Å². The molecule has 0 atom stereocenters. The van der Waals surface area contributed by atoms with E-state index in [2.05, 4.69) is 10.3 Å². The zero-order chi connectivity index (χ0) is 14.0. The molecule has 2 aromatic rings. The van der Waals surface area contributed by atoms with Gasteiger partial charge in [-0.25, -0.2) is 13.8 Å². The van der Waals surface area contributed by atoms with Gasteiger partial charge in [-0.3, -0.25) is 4.79 Å². The molecular formula is C12H6Cl2F2N2O. The highest BCUT2D eigenvalue weighted by Crippen LogP contribution is 2.20. The summed E-state index contributed by atoms with van der Waals surface area (Å²) in [5.41, 5.74) is -0.472. The lowest BCUT2D eigenvalue weighted by atomic mass is 10.2. The summed E-state index contributed by atoms with van der Waals surface area (Å²) < 4.78 is 26.3. The zero-order valence-electron chi connectivity index (χ0n) is 9.25. The first-order valence-corrected chi connectivity index (χ1v) is 5.81. The molecule has 1 heterocycles. The fourth-order valence-electron chi connectivity index (χ4n) is 1.35. The van der Waals surface area contributed by atoms with Crippen LogP contribution in [0.3, 0.4) is 0 Å². The van der Waals surface area contributed by atoms with Crippen LogP contribution < -0.4 is 5.32 Å². The van der Waals surface area contributed by atoms with Gasteiger partial charge in [0.05, 0.1) is 10.7 Å². The Morgan fingerprint density at radius 1 is 1.16 bits per heavy atom. The molecule has 0 fully saturated rings. The van der Waals surface area contributed by atoms with Crippen LogP contribution in [-0.2, 0) is 0 Å². The number of nitrogens with zero attached hydrogens (tertiary/aromatic N) is 1. The third-order valence-electron chi connectivity index (χ3n) is 2.20. The van der Waals surface area contributed by atoms with Gasteiger partial charge < -0.3 is 5.32 Å². The number of carbonyl (C=O) groups excluding carboxylic acids is 1. The lowest BCUT2D eigenvalue weighted by molar-refractivity contribution is 0.102. The van der Waals surface area contributed by atoms with Crippen LogP contribution >= 0.6 is 23.2 Å².